The minimum absolute atomic E-state index is 0.235. The lowest BCUT2D eigenvalue weighted by atomic mass is 10.2. The molecule has 2 rings (SSSR count). The lowest BCUT2D eigenvalue weighted by Gasteiger charge is -2.10. The van der Waals surface area contributed by atoms with Crippen molar-refractivity contribution < 1.29 is 9.13 Å². The molecule has 0 spiro atoms. The second-order valence-corrected chi connectivity index (χ2v) is 4.53. The summed E-state index contributed by atoms with van der Waals surface area (Å²) in [5.74, 6) is -0.235. The van der Waals surface area contributed by atoms with Crippen LogP contribution in [0.15, 0.2) is 22.7 Å². The highest BCUT2D eigenvalue weighted by Gasteiger charge is 2.14. The van der Waals surface area contributed by atoms with Crippen LogP contribution < -0.4 is 5.32 Å². The van der Waals surface area contributed by atoms with Crippen molar-refractivity contribution >= 4 is 15.9 Å². The Morgan fingerprint density at radius 1 is 1.53 bits per heavy atom. The van der Waals surface area contributed by atoms with Crippen LogP contribution in [-0.2, 0) is 11.3 Å². The largest absolute Gasteiger partial charge is 0.372 e. The van der Waals surface area contributed by atoms with Gasteiger partial charge in [0.25, 0.3) is 0 Å². The third kappa shape index (κ3) is 3.00. The van der Waals surface area contributed by atoms with Crippen LogP contribution >= 0.6 is 15.9 Å². The maximum absolute atomic E-state index is 12.9. The summed E-state index contributed by atoms with van der Waals surface area (Å²) in [6.45, 7) is 2.49. The molecule has 0 aromatic heterocycles. The average molecular weight is 274 g/mol. The molecule has 0 radical (unpaired) electrons. The summed E-state index contributed by atoms with van der Waals surface area (Å²) >= 11 is 3.16. The topological polar surface area (TPSA) is 21.3 Å². The van der Waals surface area contributed by atoms with E-state index < -0.39 is 0 Å². The van der Waals surface area contributed by atoms with Gasteiger partial charge in [-0.15, -0.1) is 0 Å². The number of benzene rings is 1. The Hall–Kier alpha value is -0.450. The van der Waals surface area contributed by atoms with Gasteiger partial charge in [-0.3, -0.25) is 0 Å². The number of nitrogens with one attached hydrogen (secondary N) is 1. The van der Waals surface area contributed by atoms with Crippen LogP contribution in [0.25, 0.3) is 0 Å². The standard InChI is InChI=1S/C11H13BrFNO/c12-10-5-8(1-2-11(10)13)7-15-9-3-4-14-6-9/h1-2,5,9,14H,3-4,6-7H2. The lowest BCUT2D eigenvalue weighted by Crippen LogP contribution is -2.16. The highest BCUT2D eigenvalue weighted by Crippen LogP contribution is 2.18. The van der Waals surface area contributed by atoms with E-state index in [1.165, 1.54) is 6.07 Å². The molecule has 0 aliphatic carbocycles. The first-order valence-corrected chi connectivity index (χ1v) is 5.81. The average Bonchev–Trinajstić information content (AvgIpc) is 2.73. The number of rotatable bonds is 3. The van der Waals surface area contributed by atoms with E-state index in [9.17, 15) is 4.39 Å². The molecule has 0 saturated carbocycles. The van der Waals surface area contributed by atoms with Gasteiger partial charge in [0.15, 0.2) is 0 Å². The molecule has 1 heterocycles. The van der Waals surface area contributed by atoms with Crippen molar-refractivity contribution in [3.05, 3.63) is 34.1 Å². The van der Waals surface area contributed by atoms with E-state index in [1.807, 2.05) is 0 Å². The third-order valence-corrected chi connectivity index (χ3v) is 3.09. The maximum atomic E-state index is 12.9. The van der Waals surface area contributed by atoms with E-state index in [4.69, 9.17) is 4.74 Å². The first kappa shape index (κ1) is 11.0. The summed E-state index contributed by atoms with van der Waals surface area (Å²) in [7, 11) is 0. The van der Waals surface area contributed by atoms with Crippen molar-refractivity contribution in [2.24, 2.45) is 0 Å². The van der Waals surface area contributed by atoms with Crippen LogP contribution in [0.2, 0.25) is 0 Å². The molecule has 2 nitrogen and oxygen atoms in total. The predicted molar refractivity (Wildman–Crippen MR) is 60.2 cm³/mol. The molecule has 0 bridgehead atoms. The first-order valence-electron chi connectivity index (χ1n) is 5.02. The van der Waals surface area contributed by atoms with Crippen LogP contribution in [0.4, 0.5) is 4.39 Å². The van der Waals surface area contributed by atoms with E-state index in [0.717, 1.165) is 25.1 Å². The van der Waals surface area contributed by atoms with E-state index in [0.29, 0.717) is 17.2 Å². The van der Waals surface area contributed by atoms with Crippen molar-refractivity contribution in [3.8, 4) is 0 Å². The highest BCUT2D eigenvalue weighted by atomic mass is 79.9. The van der Waals surface area contributed by atoms with Crippen LogP contribution in [0.5, 0.6) is 0 Å². The molecule has 1 aromatic carbocycles. The van der Waals surface area contributed by atoms with Crippen LogP contribution in [0.1, 0.15) is 12.0 Å². The van der Waals surface area contributed by atoms with Gasteiger partial charge in [-0.05, 0) is 46.6 Å². The fourth-order valence-corrected chi connectivity index (χ4v) is 2.04. The van der Waals surface area contributed by atoms with E-state index >= 15 is 0 Å². The zero-order valence-corrected chi connectivity index (χ0v) is 9.89. The normalized spacial score (nSPS) is 20.8. The Morgan fingerprint density at radius 3 is 3.07 bits per heavy atom. The SMILES string of the molecule is Fc1ccc(COC2CCNC2)cc1Br. The molecule has 1 saturated heterocycles. The molecule has 1 fully saturated rings. The summed E-state index contributed by atoms with van der Waals surface area (Å²) < 4.78 is 19.1. The quantitative estimate of drug-likeness (QED) is 0.914. The molecular weight excluding hydrogens is 261 g/mol. The van der Waals surface area contributed by atoms with Crippen molar-refractivity contribution in [2.75, 3.05) is 13.1 Å². The molecule has 1 N–H and O–H groups in total. The molecule has 1 unspecified atom stereocenters. The Labute approximate surface area is 96.9 Å². The van der Waals surface area contributed by atoms with Gasteiger partial charge in [0.1, 0.15) is 5.82 Å². The molecule has 0 amide bonds. The van der Waals surface area contributed by atoms with E-state index in [1.54, 1.807) is 12.1 Å². The van der Waals surface area contributed by atoms with Crippen LogP contribution in [-0.4, -0.2) is 19.2 Å². The minimum atomic E-state index is -0.235. The highest BCUT2D eigenvalue weighted by molar-refractivity contribution is 9.10. The molecule has 15 heavy (non-hydrogen) atoms. The van der Waals surface area contributed by atoms with Gasteiger partial charge in [-0.2, -0.15) is 0 Å². The van der Waals surface area contributed by atoms with Crippen molar-refractivity contribution in [1.29, 1.82) is 0 Å². The number of hydrogen-bond acceptors (Lipinski definition) is 2. The smallest absolute Gasteiger partial charge is 0.137 e. The third-order valence-electron chi connectivity index (χ3n) is 2.48. The molecule has 1 aromatic rings. The Kier molecular flexibility index (Phi) is 3.72. The van der Waals surface area contributed by atoms with Gasteiger partial charge in [-0.25, -0.2) is 4.39 Å². The molecule has 1 atom stereocenters. The monoisotopic (exact) mass is 273 g/mol. The summed E-state index contributed by atoms with van der Waals surface area (Å²) in [6.07, 6.45) is 1.36. The van der Waals surface area contributed by atoms with Crippen molar-refractivity contribution in [2.45, 2.75) is 19.1 Å². The van der Waals surface area contributed by atoms with Gasteiger partial charge in [0, 0.05) is 6.54 Å². The molecule has 4 heteroatoms. The second-order valence-electron chi connectivity index (χ2n) is 3.67. The zero-order chi connectivity index (χ0) is 10.7. The van der Waals surface area contributed by atoms with E-state index in [-0.39, 0.29) is 5.82 Å². The molecular formula is C11H13BrFNO. The minimum Gasteiger partial charge on any atom is -0.372 e. The predicted octanol–water partition coefficient (Wildman–Crippen LogP) is 2.47. The fraction of sp³-hybridized carbons (Fsp3) is 0.455. The summed E-state index contributed by atoms with van der Waals surface area (Å²) in [6, 6.07) is 4.97. The van der Waals surface area contributed by atoms with Crippen LogP contribution in [0, 0.1) is 5.82 Å². The number of hydrogen-bond donors (Lipinski definition) is 1. The number of ether oxygens (including phenoxy) is 1. The zero-order valence-electron chi connectivity index (χ0n) is 8.30. The summed E-state index contributed by atoms with van der Waals surface area (Å²) in [4.78, 5) is 0. The fourth-order valence-electron chi connectivity index (χ4n) is 1.61. The Morgan fingerprint density at radius 2 is 2.40 bits per heavy atom. The molecule has 82 valence electrons. The van der Waals surface area contributed by atoms with Gasteiger partial charge in [0.2, 0.25) is 0 Å². The van der Waals surface area contributed by atoms with Gasteiger partial charge in [-0.1, -0.05) is 6.07 Å². The van der Waals surface area contributed by atoms with Crippen molar-refractivity contribution in [3.63, 3.8) is 0 Å². The Balaban J connectivity index is 1.90. The molecule has 1 aliphatic heterocycles. The van der Waals surface area contributed by atoms with Gasteiger partial charge in [0.05, 0.1) is 17.2 Å². The van der Waals surface area contributed by atoms with E-state index in [2.05, 4.69) is 21.2 Å². The van der Waals surface area contributed by atoms with Gasteiger partial charge < -0.3 is 10.1 Å². The second kappa shape index (κ2) is 5.05. The summed E-state index contributed by atoms with van der Waals surface area (Å²) in [5, 5.41) is 3.23. The Bertz CT molecular complexity index is 339. The van der Waals surface area contributed by atoms with Crippen LogP contribution in [0.3, 0.4) is 0 Å². The maximum Gasteiger partial charge on any atom is 0.137 e. The van der Waals surface area contributed by atoms with Gasteiger partial charge >= 0.3 is 0 Å². The number of halogens is 2. The molecule has 1 aliphatic rings. The first-order chi connectivity index (χ1) is 7.25. The lowest BCUT2D eigenvalue weighted by molar-refractivity contribution is 0.0541. The summed E-state index contributed by atoms with van der Waals surface area (Å²) in [5.41, 5.74) is 0.996. The van der Waals surface area contributed by atoms with Crippen molar-refractivity contribution in [1.82, 2.24) is 5.32 Å².